The number of carboxylic acid groups (broad SMARTS) is 1. The largest absolute Gasteiger partial charge is 0.481 e. The average molecular weight is 206 g/mol. The molecule has 78 valence electrons. The van der Waals surface area contributed by atoms with E-state index in [1.54, 1.807) is 24.8 Å². The molecule has 6 nitrogen and oxygen atoms in total. The fourth-order valence-corrected chi connectivity index (χ4v) is 1.43. The Morgan fingerprint density at radius 2 is 1.80 bits per heavy atom. The van der Waals surface area contributed by atoms with Crippen molar-refractivity contribution in [1.29, 1.82) is 0 Å². The van der Waals surface area contributed by atoms with Crippen LogP contribution in [-0.4, -0.2) is 31.0 Å². The summed E-state index contributed by atoms with van der Waals surface area (Å²) >= 11 is 0. The van der Waals surface area contributed by atoms with Crippen molar-refractivity contribution in [1.82, 2.24) is 19.9 Å². The maximum Gasteiger partial charge on any atom is 0.304 e. The van der Waals surface area contributed by atoms with Gasteiger partial charge < -0.3 is 15.1 Å². The molecule has 0 saturated carbocycles. The van der Waals surface area contributed by atoms with Crippen LogP contribution in [0.15, 0.2) is 24.8 Å². The maximum absolute atomic E-state index is 10.7. The third kappa shape index (κ3) is 2.04. The normalized spacial score (nSPS) is 10.7. The molecule has 0 bridgehead atoms. The van der Waals surface area contributed by atoms with Crippen LogP contribution in [0.3, 0.4) is 0 Å². The van der Waals surface area contributed by atoms with Crippen LogP contribution >= 0.6 is 0 Å². The highest BCUT2D eigenvalue weighted by Gasteiger charge is 2.21. The second kappa shape index (κ2) is 3.95. The van der Waals surface area contributed by atoms with E-state index in [0.717, 1.165) is 0 Å². The Kier molecular flexibility index (Phi) is 2.49. The molecule has 15 heavy (non-hydrogen) atoms. The molecule has 0 aromatic carbocycles. The van der Waals surface area contributed by atoms with Gasteiger partial charge in [0.1, 0.15) is 11.6 Å². The zero-order chi connectivity index (χ0) is 10.7. The van der Waals surface area contributed by atoms with E-state index in [9.17, 15) is 4.79 Å². The summed E-state index contributed by atoms with van der Waals surface area (Å²) in [5, 5.41) is 8.80. The van der Waals surface area contributed by atoms with Crippen LogP contribution in [0, 0.1) is 0 Å². The van der Waals surface area contributed by atoms with E-state index in [2.05, 4.69) is 19.9 Å². The molecule has 0 atom stereocenters. The van der Waals surface area contributed by atoms with Crippen LogP contribution < -0.4 is 0 Å². The topological polar surface area (TPSA) is 94.7 Å². The van der Waals surface area contributed by atoms with Gasteiger partial charge in [0.15, 0.2) is 0 Å². The summed E-state index contributed by atoms with van der Waals surface area (Å²) in [6, 6.07) is 0. The number of carboxylic acids is 1. The van der Waals surface area contributed by atoms with Crippen molar-refractivity contribution in [3.8, 4) is 0 Å². The molecule has 0 saturated heterocycles. The number of H-pyrrole nitrogens is 2. The Balaban J connectivity index is 2.29. The van der Waals surface area contributed by atoms with Crippen molar-refractivity contribution in [2.24, 2.45) is 0 Å². The van der Waals surface area contributed by atoms with Crippen LogP contribution in [-0.2, 0) is 4.79 Å². The van der Waals surface area contributed by atoms with E-state index in [4.69, 9.17) is 5.11 Å². The molecule has 0 spiro atoms. The number of hydrogen-bond acceptors (Lipinski definition) is 3. The molecule has 2 rings (SSSR count). The van der Waals surface area contributed by atoms with Gasteiger partial charge in [-0.25, -0.2) is 9.97 Å². The highest BCUT2D eigenvalue weighted by Crippen LogP contribution is 2.21. The van der Waals surface area contributed by atoms with E-state index in [1.165, 1.54) is 0 Å². The number of carbonyl (C=O) groups is 1. The minimum atomic E-state index is -0.882. The SMILES string of the molecule is O=C(O)CC(c1ncc[nH]1)c1ncc[nH]1. The first-order valence-corrected chi connectivity index (χ1v) is 4.47. The molecule has 0 fully saturated rings. The van der Waals surface area contributed by atoms with Gasteiger partial charge in [0.25, 0.3) is 0 Å². The first kappa shape index (κ1) is 9.45. The van der Waals surface area contributed by atoms with E-state index in [0.29, 0.717) is 11.6 Å². The number of rotatable bonds is 4. The fraction of sp³-hybridized carbons (Fsp3) is 0.222. The first-order valence-electron chi connectivity index (χ1n) is 4.47. The predicted octanol–water partition coefficient (Wildman–Crippen LogP) is 0.739. The summed E-state index contributed by atoms with van der Waals surface area (Å²) in [7, 11) is 0. The highest BCUT2D eigenvalue weighted by molar-refractivity contribution is 5.68. The molecule has 2 heterocycles. The molecular weight excluding hydrogens is 196 g/mol. The second-order valence-electron chi connectivity index (χ2n) is 3.10. The van der Waals surface area contributed by atoms with E-state index >= 15 is 0 Å². The van der Waals surface area contributed by atoms with Crippen LogP contribution in [0.5, 0.6) is 0 Å². The van der Waals surface area contributed by atoms with Crippen molar-refractivity contribution in [2.75, 3.05) is 0 Å². The van der Waals surface area contributed by atoms with E-state index in [-0.39, 0.29) is 12.3 Å². The summed E-state index contributed by atoms with van der Waals surface area (Å²) in [5.41, 5.74) is 0. The standard InChI is InChI=1S/C9H10N4O2/c14-7(15)5-6(8-10-1-2-11-8)9-12-3-4-13-9/h1-4,6H,5H2,(H,10,11)(H,12,13)(H,14,15). The number of aromatic nitrogens is 4. The lowest BCUT2D eigenvalue weighted by Crippen LogP contribution is -2.10. The Hall–Kier alpha value is -2.11. The van der Waals surface area contributed by atoms with Gasteiger partial charge in [0.05, 0.1) is 12.3 Å². The minimum absolute atomic E-state index is 0.0406. The summed E-state index contributed by atoms with van der Waals surface area (Å²) in [4.78, 5) is 24.6. The maximum atomic E-state index is 10.7. The lowest BCUT2D eigenvalue weighted by atomic mass is 10.0. The van der Waals surface area contributed by atoms with Gasteiger partial charge in [0, 0.05) is 24.8 Å². The number of hydrogen-bond donors (Lipinski definition) is 3. The predicted molar refractivity (Wildman–Crippen MR) is 51.3 cm³/mol. The van der Waals surface area contributed by atoms with E-state index < -0.39 is 5.97 Å². The number of aromatic amines is 2. The molecule has 2 aromatic rings. The quantitative estimate of drug-likeness (QED) is 0.687. The molecule has 0 aliphatic carbocycles. The second-order valence-corrected chi connectivity index (χ2v) is 3.10. The van der Waals surface area contributed by atoms with Gasteiger partial charge >= 0.3 is 5.97 Å². The lowest BCUT2D eigenvalue weighted by Gasteiger charge is -2.08. The molecule has 3 N–H and O–H groups in total. The molecule has 0 amide bonds. The summed E-state index contributed by atoms with van der Waals surface area (Å²) in [6.07, 6.45) is 6.46. The Labute approximate surface area is 85.4 Å². The smallest absolute Gasteiger partial charge is 0.304 e. The van der Waals surface area contributed by atoms with Gasteiger partial charge in [-0.05, 0) is 0 Å². The first-order chi connectivity index (χ1) is 7.27. The number of nitrogens with zero attached hydrogens (tertiary/aromatic N) is 2. The monoisotopic (exact) mass is 206 g/mol. The van der Waals surface area contributed by atoms with Crippen molar-refractivity contribution >= 4 is 5.97 Å². The number of aliphatic carboxylic acids is 1. The summed E-state index contributed by atoms with van der Waals surface area (Å²) < 4.78 is 0. The Bertz CT molecular complexity index is 387. The van der Waals surface area contributed by atoms with Gasteiger partial charge in [0.2, 0.25) is 0 Å². The van der Waals surface area contributed by atoms with Gasteiger partial charge in [-0.3, -0.25) is 4.79 Å². The van der Waals surface area contributed by atoms with Crippen LogP contribution in [0.4, 0.5) is 0 Å². The Morgan fingerprint density at radius 1 is 1.27 bits per heavy atom. The van der Waals surface area contributed by atoms with Crippen molar-refractivity contribution in [3.63, 3.8) is 0 Å². The summed E-state index contributed by atoms with van der Waals surface area (Å²) in [6.45, 7) is 0. The van der Waals surface area contributed by atoms with Crippen LogP contribution in [0.1, 0.15) is 24.0 Å². The van der Waals surface area contributed by atoms with Crippen molar-refractivity contribution < 1.29 is 9.90 Å². The average Bonchev–Trinajstić information content (AvgIpc) is 2.87. The molecule has 0 unspecified atom stereocenters. The van der Waals surface area contributed by atoms with Crippen LogP contribution in [0.25, 0.3) is 0 Å². The number of imidazole rings is 2. The number of nitrogens with one attached hydrogen (secondary N) is 2. The zero-order valence-electron chi connectivity index (χ0n) is 7.84. The van der Waals surface area contributed by atoms with Crippen molar-refractivity contribution in [3.05, 3.63) is 36.4 Å². The third-order valence-corrected chi connectivity index (χ3v) is 2.08. The van der Waals surface area contributed by atoms with Gasteiger partial charge in [-0.15, -0.1) is 0 Å². The molecule has 0 aliphatic rings. The van der Waals surface area contributed by atoms with Gasteiger partial charge in [-0.2, -0.15) is 0 Å². The Morgan fingerprint density at radius 3 is 2.13 bits per heavy atom. The molecular formula is C9H10N4O2. The lowest BCUT2D eigenvalue weighted by molar-refractivity contribution is -0.137. The summed E-state index contributed by atoms with van der Waals surface area (Å²) in [5.74, 6) is -0.0278. The fourth-order valence-electron chi connectivity index (χ4n) is 1.43. The molecule has 0 radical (unpaired) electrons. The molecule has 6 heteroatoms. The van der Waals surface area contributed by atoms with E-state index in [1.807, 2.05) is 0 Å². The molecule has 0 aliphatic heterocycles. The van der Waals surface area contributed by atoms with Crippen molar-refractivity contribution in [2.45, 2.75) is 12.3 Å². The van der Waals surface area contributed by atoms with Crippen LogP contribution in [0.2, 0.25) is 0 Å². The zero-order valence-corrected chi connectivity index (χ0v) is 7.84. The van der Waals surface area contributed by atoms with Gasteiger partial charge in [-0.1, -0.05) is 0 Å². The highest BCUT2D eigenvalue weighted by atomic mass is 16.4. The molecule has 2 aromatic heterocycles. The third-order valence-electron chi connectivity index (χ3n) is 2.08. The minimum Gasteiger partial charge on any atom is -0.481 e.